The summed E-state index contributed by atoms with van der Waals surface area (Å²) >= 11 is 0. The Balaban J connectivity index is 3.56. The zero-order valence-corrected chi connectivity index (χ0v) is 8.43. The summed E-state index contributed by atoms with van der Waals surface area (Å²) in [4.78, 5) is 34.7. The van der Waals surface area contributed by atoms with Gasteiger partial charge >= 0.3 is 17.0 Å². The van der Waals surface area contributed by atoms with Crippen LogP contribution in [-0.2, 0) is 19.2 Å². The van der Waals surface area contributed by atoms with Gasteiger partial charge in [0.1, 0.15) is 6.42 Å². The average molecular weight is 219 g/mol. The number of rotatable bonds is 7. The summed E-state index contributed by atoms with van der Waals surface area (Å²) in [6, 6.07) is 0. The molecule has 0 aromatic heterocycles. The smallest absolute Gasteiger partial charge is 0.315 e. The Morgan fingerprint density at radius 3 is 2.47 bits per heavy atom. The molecule has 0 rings (SSSR count). The van der Waals surface area contributed by atoms with Crippen molar-refractivity contribution in [3.8, 4) is 0 Å². The molecule has 0 aliphatic rings. The van der Waals surface area contributed by atoms with Crippen molar-refractivity contribution in [1.29, 1.82) is 0 Å². The normalized spacial score (nSPS) is 9.40. The van der Waals surface area contributed by atoms with E-state index in [4.69, 9.17) is 0 Å². The fourth-order valence-electron chi connectivity index (χ4n) is 0.822. The van der Waals surface area contributed by atoms with E-state index in [0.29, 0.717) is 6.42 Å². The van der Waals surface area contributed by atoms with Crippen LogP contribution in [0.15, 0.2) is 0 Å². The van der Waals surface area contributed by atoms with Gasteiger partial charge in [0.25, 0.3) is 0 Å². The van der Waals surface area contributed by atoms with Crippen molar-refractivity contribution in [1.82, 2.24) is 0 Å². The van der Waals surface area contributed by atoms with Crippen LogP contribution in [-0.4, -0.2) is 23.6 Å². The fourth-order valence-corrected chi connectivity index (χ4v) is 0.822. The Hall–Kier alpha value is -1.66. The maximum Gasteiger partial charge on any atom is 0.315 e. The van der Waals surface area contributed by atoms with Crippen molar-refractivity contribution in [2.75, 3.05) is 6.61 Å². The zero-order chi connectivity index (χ0) is 11.7. The third-order valence-corrected chi connectivity index (χ3v) is 1.48. The quantitative estimate of drug-likeness (QED) is 0.207. The van der Waals surface area contributed by atoms with Crippen molar-refractivity contribution in [2.24, 2.45) is 0 Å². The summed E-state index contributed by atoms with van der Waals surface area (Å²) in [5.74, 6) is -2.03. The van der Waals surface area contributed by atoms with Crippen LogP contribution >= 0.6 is 0 Å². The average Bonchev–Trinajstić information content (AvgIpc) is 2.10. The first-order valence-electron chi connectivity index (χ1n) is 4.57. The highest BCUT2D eigenvalue weighted by molar-refractivity contribution is 5.90. The minimum absolute atomic E-state index is 0.221. The number of carbonyl (C=O) groups is 2. The van der Waals surface area contributed by atoms with Crippen molar-refractivity contribution < 1.29 is 24.3 Å². The van der Waals surface area contributed by atoms with Crippen LogP contribution in [0.1, 0.15) is 32.6 Å². The molecule has 0 aromatic rings. The molecule has 7 nitrogen and oxygen atoms in total. The highest BCUT2D eigenvalue weighted by atomic mass is 17.0. The van der Waals surface area contributed by atoms with Crippen LogP contribution in [0.25, 0.3) is 0 Å². The summed E-state index contributed by atoms with van der Waals surface area (Å²) < 4.78 is 4.63. The first-order chi connectivity index (χ1) is 7.06. The molecule has 86 valence electrons. The van der Waals surface area contributed by atoms with E-state index < -0.39 is 23.4 Å². The van der Waals surface area contributed by atoms with E-state index in [1.807, 2.05) is 6.92 Å². The number of ether oxygens (including phenoxy) is 1. The number of carbonyl (C=O) groups excluding carboxylic acids is 2. The molecule has 0 bridgehead atoms. The molecule has 0 fully saturated rings. The minimum Gasteiger partial charge on any atom is -0.465 e. The summed E-state index contributed by atoms with van der Waals surface area (Å²) in [6.45, 7) is 2.22. The van der Waals surface area contributed by atoms with Crippen LogP contribution in [0.2, 0.25) is 0 Å². The lowest BCUT2D eigenvalue weighted by Gasteiger charge is -2.02. The summed E-state index contributed by atoms with van der Waals surface area (Å²) in [6.07, 6.45) is 1.90. The van der Waals surface area contributed by atoms with E-state index in [1.54, 1.807) is 0 Å². The number of hydrogen-bond donors (Lipinski definition) is 0. The lowest BCUT2D eigenvalue weighted by Crippen LogP contribution is -2.16. The van der Waals surface area contributed by atoms with Gasteiger partial charge in [0.2, 0.25) is 0 Å². The summed E-state index contributed by atoms with van der Waals surface area (Å²) in [5.41, 5.74) is 0. The summed E-state index contributed by atoms with van der Waals surface area (Å²) in [7, 11) is 0. The highest BCUT2D eigenvalue weighted by Gasteiger charge is 2.14. The molecule has 0 aliphatic heterocycles. The Morgan fingerprint density at radius 1 is 1.27 bits per heavy atom. The maximum absolute atomic E-state index is 10.9. The molecule has 0 aliphatic carbocycles. The van der Waals surface area contributed by atoms with Gasteiger partial charge in [-0.25, -0.2) is 4.84 Å². The van der Waals surface area contributed by atoms with Crippen LogP contribution in [0.3, 0.4) is 0 Å². The molecule has 0 N–H and O–H groups in total. The molecule has 0 radical (unpaired) electrons. The van der Waals surface area contributed by atoms with E-state index >= 15 is 0 Å². The van der Waals surface area contributed by atoms with Crippen LogP contribution in [0.5, 0.6) is 0 Å². The zero-order valence-electron chi connectivity index (χ0n) is 8.43. The number of unbranched alkanes of at least 4 members (excludes halogenated alkanes) is 2. The van der Waals surface area contributed by atoms with Crippen molar-refractivity contribution in [3.63, 3.8) is 0 Å². The van der Waals surface area contributed by atoms with Gasteiger partial charge < -0.3 is 4.74 Å². The third-order valence-electron chi connectivity index (χ3n) is 1.48. The SMILES string of the molecule is CCCCCOC(=O)CC(=O)O[N+](=O)[O-]. The molecular weight excluding hydrogens is 206 g/mol. The van der Waals surface area contributed by atoms with Crippen molar-refractivity contribution in [2.45, 2.75) is 32.6 Å². The molecule has 0 aromatic carbocycles. The first-order valence-corrected chi connectivity index (χ1v) is 4.57. The Kier molecular flexibility index (Phi) is 6.86. The third kappa shape index (κ3) is 8.66. The van der Waals surface area contributed by atoms with Crippen LogP contribution in [0.4, 0.5) is 0 Å². The second-order valence-corrected chi connectivity index (χ2v) is 2.79. The highest BCUT2D eigenvalue weighted by Crippen LogP contribution is 1.97. The predicted octanol–water partition coefficient (Wildman–Crippen LogP) is 0.845. The number of hydrogen-bond acceptors (Lipinski definition) is 6. The molecule has 0 heterocycles. The van der Waals surface area contributed by atoms with Gasteiger partial charge in [-0.2, -0.15) is 0 Å². The van der Waals surface area contributed by atoms with Gasteiger partial charge in [-0.3, -0.25) is 9.59 Å². The molecule has 15 heavy (non-hydrogen) atoms. The van der Waals surface area contributed by atoms with E-state index in [0.717, 1.165) is 12.8 Å². The maximum atomic E-state index is 10.9. The van der Waals surface area contributed by atoms with Gasteiger partial charge in [-0.1, -0.05) is 19.8 Å². The predicted molar refractivity (Wildman–Crippen MR) is 48.2 cm³/mol. The second kappa shape index (κ2) is 7.72. The monoisotopic (exact) mass is 219 g/mol. The van der Waals surface area contributed by atoms with Gasteiger partial charge in [-0.15, -0.1) is 10.1 Å². The second-order valence-electron chi connectivity index (χ2n) is 2.79. The molecule has 0 amide bonds. The summed E-state index contributed by atoms with van der Waals surface area (Å²) in [5, 5.41) is 8.44. The first kappa shape index (κ1) is 13.3. The lowest BCUT2D eigenvalue weighted by molar-refractivity contribution is -0.729. The molecule has 0 unspecified atom stereocenters. The van der Waals surface area contributed by atoms with E-state index in [1.165, 1.54) is 0 Å². The lowest BCUT2D eigenvalue weighted by atomic mass is 10.3. The van der Waals surface area contributed by atoms with Crippen molar-refractivity contribution in [3.05, 3.63) is 10.1 Å². The number of nitrogens with zero attached hydrogens (tertiary/aromatic N) is 1. The van der Waals surface area contributed by atoms with Crippen molar-refractivity contribution >= 4 is 11.9 Å². The molecular formula is C8H13NO6. The van der Waals surface area contributed by atoms with Crippen LogP contribution < -0.4 is 0 Å². The van der Waals surface area contributed by atoms with Gasteiger partial charge in [-0.05, 0) is 6.42 Å². The van der Waals surface area contributed by atoms with Crippen LogP contribution in [0, 0.1) is 10.1 Å². The topological polar surface area (TPSA) is 95.7 Å². The molecule has 0 atom stereocenters. The fraction of sp³-hybridized carbons (Fsp3) is 0.750. The van der Waals surface area contributed by atoms with Gasteiger partial charge in [0, 0.05) is 0 Å². The molecule has 0 saturated carbocycles. The Bertz CT molecular complexity index is 239. The van der Waals surface area contributed by atoms with Gasteiger partial charge in [0.05, 0.1) is 6.61 Å². The van der Waals surface area contributed by atoms with E-state index in [-0.39, 0.29) is 6.61 Å². The number of esters is 1. The molecule has 0 spiro atoms. The van der Waals surface area contributed by atoms with E-state index in [9.17, 15) is 19.7 Å². The van der Waals surface area contributed by atoms with E-state index in [2.05, 4.69) is 9.57 Å². The largest absolute Gasteiger partial charge is 0.465 e. The standard InChI is InChI=1S/C8H13NO6/c1-2-3-4-5-14-7(10)6-8(11)15-9(12)13/h2-6H2,1H3. The Morgan fingerprint density at radius 2 is 1.93 bits per heavy atom. The minimum atomic E-state index is -1.26. The van der Waals surface area contributed by atoms with Gasteiger partial charge in [0.15, 0.2) is 0 Å². The molecule has 7 heteroatoms. The molecule has 0 saturated heterocycles. The Labute approximate surface area is 86.5 Å².